The molecular weight excluding hydrogens is 242 g/mol. The van der Waals surface area contributed by atoms with Gasteiger partial charge in [-0.1, -0.05) is 12.1 Å². The molecule has 19 heavy (non-hydrogen) atoms. The quantitative estimate of drug-likeness (QED) is 0.639. The first kappa shape index (κ1) is 12.8. The summed E-state index contributed by atoms with van der Waals surface area (Å²) in [5.41, 5.74) is 4.42. The van der Waals surface area contributed by atoms with Crippen molar-refractivity contribution in [3.63, 3.8) is 0 Å². The van der Waals surface area contributed by atoms with Crippen LogP contribution < -0.4 is 16.0 Å². The van der Waals surface area contributed by atoms with Crippen LogP contribution >= 0.6 is 0 Å². The summed E-state index contributed by atoms with van der Waals surface area (Å²) in [6, 6.07) is 9.59. The van der Waals surface area contributed by atoms with Crippen LogP contribution in [0.4, 0.5) is 11.5 Å². The second-order valence-electron chi connectivity index (χ2n) is 4.14. The van der Waals surface area contributed by atoms with Gasteiger partial charge in [0.1, 0.15) is 5.82 Å². The SMILES string of the molecule is CN(C)c1ccc(/C=N\Nc2ccnc(=O)[nH]2)cc1. The normalized spacial score (nSPS) is 10.6. The minimum absolute atomic E-state index is 0.407. The number of anilines is 2. The van der Waals surface area contributed by atoms with Crippen molar-refractivity contribution in [1.82, 2.24) is 9.97 Å². The molecule has 0 atom stereocenters. The van der Waals surface area contributed by atoms with Crippen molar-refractivity contribution in [1.29, 1.82) is 0 Å². The van der Waals surface area contributed by atoms with E-state index in [2.05, 4.69) is 20.5 Å². The Balaban J connectivity index is 2.01. The lowest BCUT2D eigenvalue weighted by atomic mass is 10.2. The number of H-pyrrole nitrogens is 1. The molecule has 6 heteroatoms. The zero-order valence-electron chi connectivity index (χ0n) is 10.8. The van der Waals surface area contributed by atoms with Gasteiger partial charge >= 0.3 is 5.69 Å². The predicted octanol–water partition coefficient (Wildman–Crippen LogP) is 1.28. The summed E-state index contributed by atoms with van der Waals surface area (Å²) in [6.07, 6.45) is 3.10. The van der Waals surface area contributed by atoms with Crippen LogP contribution in [0.5, 0.6) is 0 Å². The van der Waals surface area contributed by atoms with Gasteiger partial charge in [0, 0.05) is 26.0 Å². The lowest BCUT2D eigenvalue weighted by Crippen LogP contribution is -2.10. The Morgan fingerprint density at radius 1 is 1.26 bits per heavy atom. The minimum Gasteiger partial charge on any atom is -0.378 e. The lowest BCUT2D eigenvalue weighted by Gasteiger charge is -2.11. The van der Waals surface area contributed by atoms with E-state index >= 15 is 0 Å². The first-order valence-electron chi connectivity index (χ1n) is 5.77. The Kier molecular flexibility index (Phi) is 3.92. The van der Waals surface area contributed by atoms with Gasteiger partial charge in [-0.15, -0.1) is 0 Å². The van der Waals surface area contributed by atoms with Crippen LogP contribution in [0.1, 0.15) is 5.56 Å². The maximum atomic E-state index is 11.0. The smallest absolute Gasteiger partial charge is 0.346 e. The van der Waals surface area contributed by atoms with Crippen LogP contribution in [0.15, 0.2) is 46.4 Å². The summed E-state index contributed by atoms with van der Waals surface area (Å²) in [5, 5.41) is 4.04. The molecule has 0 saturated heterocycles. The van der Waals surface area contributed by atoms with Gasteiger partial charge in [0.2, 0.25) is 0 Å². The van der Waals surface area contributed by atoms with E-state index in [1.165, 1.54) is 6.20 Å². The van der Waals surface area contributed by atoms with E-state index in [1.807, 2.05) is 43.3 Å². The standard InChI is InChI=1S/C13H15N5O/c1-18(2)11-5-3-10(4-6-11)9-15-17-12-7-8-14-13(19)16-12/h3-9H,1-2H3,(H2,14,16,17,19)/b15-9-. The molecule has 1 aromatic heterocycles. The molecule has 6 nitrogen and oxygen atoms in total. The maximum absolute atomic E-state index is 11.0. The lowest BCUT2D eigenvalue weighted by molar-refractivity contribution is 1.06. The number of aromatic amines is 1. The van der Waals surface area contributed by atoms with E-state index in [0.717, 1.165) is 11.3 Å². The molecule has 0 aliphatic carbocycles. The molecule has 0 fully saturated rings. The monoisotopic (exact) mass is 257 g/mol. The molecule has 2 N–H and O–H groups in total. The number of benzene rings is 1. The van der Waals surface area contributed by atoms with E-state index in [-0.39, 0.29) is 0 Å². The van der Waals surface area contributed by atoms with E-state index in [1.54, 1.807) is 12.3 Å². The summed E-state index contributed by atoms with van der Waals surface area (Å²) in [4.78, 5) is 19.0. The molecule has 98 valence electrons. The van der Waals surface area contributed by atoms with Crippen molar-refractivity contribution in [2.45, 2.75) is 0 Å². The number of nitrogens with one attached hydrogen (secondary N) is 2. The van der Waals surface area contributed by atoms with Crippen LogP contribution in [-0.4, -0.2) is 30.3 Å². The molecule has 1 aromatic carbocycles. The topological polar surface area (TPSA) is 73.4 Å². The Morgan fingerprint density at radius 2 is 2.00 bits per heavy atom. The average molecular weight is 257 g/mol. The van der Waals surface area contributed by atoms with Crippen LogP contribution in [0.2, 0.25) is 0 Å². The van der Waals surface area contributed by atoms with E-state index in [9.17, 15) is 4.79 Å². The fourth-order valence-corrected chi connectivity index (χ4v) is 1.47. The van der Waals surface area contributed by atoms with Gasteiger partial charge in [-0.25, -0.2) is 9.78 Å². The second-order valence-corrected chi connectivity index (χ2v) is 4.14. The Hall–Kier alpha value is -2.63. The highest BCUT2D eigenvalue weighted by molar-refractivity contribution is 5.80. The molecule has 2 aromatic rings. The highest BCUT2D eigenvalue weighted by atomic mass is 16.1. The van der Waals surface area contributed by atoms with E-state index in [0.29, 0.717) is 5.82 Å². The summed E-state index contributed by atoms with van der Waals surface area (Å²) < 4.78 is 0. The maximum Gasteiger partial charge on any atom is 0.346 e. The zero-order chi connectivity index (χ0) is 13.7. The molecule has 0 aliphatic heterocycles. The van der Waals surface area contributed by atoms with Crippen molar-refractivity contribution < 1.29 is 0 Å². The summed E-state index contributed by atoms with van der Waals surface area (Å²) in [7, 11) is 3.98. The summed E-state index contributed by atoms with van der Waals surface area (Å²) in [6.45, 7) is 0. The summed E-state index contributed by atoms with van der Waals surface area (Å²) >= 11 is 0. The van der Waals surface area contributed by atoms with E-state index < -0.39 is 5.69 Å². The van der Waals surface area contributed by atoms with Gasteiger partial charge in [0.05, 0.1) is 6.21 Å². The molecule has 2 rings (SSSR count). The molecule has 0 unspecified atom stereocenters. The van der Waals surface area contributed by atoms with Gasteiger partial charge < -0.3 is 4.90 Å². The van der Waals surface area contributed by atoms with Gasteiger partial charge in [-0.05, 0) is 23.8 Å². The Morgan fingerprint density at radius 3 is 2.63 bits per heavy atom. The number of hydrogen-bond donors (Lipinski definition) is 2. The molecule has 1 heterocycles. The fourth-order valence-electron chi connectivity index (χ4n) is 1.47. The van der Waals surface area contributed by atoms with Gasteiger partial charge in [-0.2, -0.15) is 5.10 Å². The molecule has 0 amide bonds. The number of nitrogens with zero attached hydrogens (tertiary/aromatic N) is 3. The molecular formula is C13H15N5O. The highest BCUT2D eigenvalue weighted by Gasteiger charge is 1.94. The van der Waals surface area contributed by atoms with Crippen LogP contribution in [0, 0.1) is 0 Å². The van der Waals surface area contributed by atoms with E-state index in [4.69, 9.17) is 0 Å². The van der Waals surface area contributed by atoms with Crippen molar-refractivity contribution in [3.8, 4) is 0 Å². The van der Waals surface area contributed by atoms with Gasteiger partial charge in [0.25, 0.3) is 0 Å². The number of hydrazone groups is 1. The summed E-state index contributed by atoms with van der Waals surface area (Å²) in [5.74, 6) is 0.501. The minimum atomic E-state index is -0.407. The third-order valence-corrected chi connectivity index (χ3v) is 2.48. The first-order valence-corrected chi connectivity index (χ1v) is 5.77. The molecule has 0 radical (unpaired) electrons. The second kappa shape index (κ2) is 5.81. The zero-order valence-corrected chi connectivity index (χ0v) is 10.8. The highest BCUT2D eigenvalue weighted by Crippen LogP contribution is 2.10. The fraction of sp³-hybridized carbons (Fsp3) is 0.154. The molecule has 0 saturated carbocycles. The third kappa shape index (κ3) is 3.67. The first-order chi connectivity index (χ1) is 9.15. The van der Waals surface area contributed by atoms with Crippen molar-refractivity contribution in [2.75, 3.05) is 24.4 Å². The average Bonchev–Trinajstić information content (AvgIpc) is 2.39. The van der Waals surface area contributed by atoms with Gasteiger partial charge in [-0.3, -0.25) is 10.4 Å². The van der Waals surface area contributed by atoms with Crippen LogP contribution in [0.25, 0.3) is 0 Å². The predicted molar refractivity (Wildman–Crippen MR) is 76.8 cm³/mol. The number of hydrogen-bond acceptors (Lipinski definition) is 5. The molecule has 0 spiro atoms. The number of aromatic nitrogens is 2. The van der Waals surface area contributed by atoms with Crippen LogP contribution in [-0.2, 0) is 0 Å². The Labute approximate surface area is 110 Å². The van der Waals surface area contributed by atoms with Crippen molar-refractivity contribution >= 4 is 17.7 Å². The van der Waals surface area contributed by atoms with Crippen molar-refractivity contribution in [2.24, 2.45) is 5.10 Å². The number of rotatable bonds is 4. The molecule has 0 aliphatic rings. The Bertz CT molecular complexity index is 615. The van der Waals surface area contributed by atoms with Crippen molar-refractivity contribution in [3.05, 3.63) is 52.6 Å². The van der Waals surface area contributed by atoms with Gasteiger partial charge in [0.15, 0.2) is 0 Å². The van der Waals surface area contributed by atoms with Crippen LogP contribution in [0.3, 0.4) is 0 Å². The third-order valence-electron chi connectivity index (χ3n) is 2.48. The molecule has 0 bridgehead atoms. The largest absolute Gasteiger partial charge is 0.378 e.